The van der Waals surface area contributed by atoms with Crippen LogP contribution in [-0.4, -0.2) is 76.2 Å². The standard InChI is InChI=1S/C25H30N8O2S/c1-19-15-23(33-24(28-19)29-25(30-33)36-2)35-18-22-17-31(13-14-34-22)16-20-5-7-21(8-6-20)32(11-3-9-26)12-4-10-27/h5-8,15,22H,3-4,11-14,16-18H2,1-2H3. The summed E-state index contributed by atoms with van der Waals surface area (Å²) in [5.74, 6) is 1.14. The summed E-state index contributed by atoms with van der Waals surface area (Å²) < 4.78 is 13.7. The molecule has 1 saturated heterocycles. The van der Waals surface area contributed by atoms with Gasteiger partial charge in [-0.25, -0.2) is 4.98 Å². The first-order chi connectivity index (χ1) is 17.6. The number of anilines is 1. The van der Waals surface area contributed by atoms with Crippen molar-refractivity contribution < 1.29 is 9.47 Å². The van der Waals surface area contributed by atoms with Crippen LogP contribution in [0.15, 0.2) is 35.5 Å². The maximum atomic E-state index is 8.93. The van der Waals surface area contributed by atoms with Gasteiger partial charge in [0.05, 0.1) is 31.6 Å². The van der Waals surface area contributed by atoms with Crippen LogP contribution in [0, 0.1) is 29.6 Å². The molecule has 0 spiro atoms. The number of thioether (sulfide) groups is 1. The third-order valence-corrected chi connectivity index (χ3v) is 6.44. The summed E-state index contributed by atoms with van der Waals surface area (Å²) >= 11 is 1.47. The van der Waals surface area contributed by atoms with E-state index in [9.17, 15) is 0 Å². The maximum absolute atomic E-state index is 8.93. The normalized spacial score (nSPS) is 15.9. The minimum absolute atomic E-state index is 0.0578. The van der Waals surface area contributed by atoms with E-state index < -0.39 is 0 Å². The van der Waals surface area contributed by atoms with Gasteiger partial charge in [0.1, 0.15) is 12.7 Å². The number of fused-ring (bicyclic) bond motifs is 1. The van der Waals surface area contributed by atoms with Crippen molar-refractivity contribution in [2.24, 2.45) is 0 Å². The SMILES string of the molecule is CSc1nc2nc(C)cc(OCC3CN(Cc4ccc(N(CCC#N)CCC#N)cc4)CCO3)n2n1. The van der Waals surface area contributed by atoms with Gasteiger partial charge < -0.3 is 14.4 Å². The number of aromatic nitrogens is 4. The van der Waals surface area contributed by atoms with Crippen LogP contribution >= 0.6 is 11.8 Å². The van der Waals surface area contributed by atoms with Crippen LogP contribution in [0.25, 0.3) is 5.78 Å². The molecule has 0 bridgehead atoms. The molecule has 188 valence electrons. The number of benzene rings is 1. The van der Waals surface area contributed by atoms with Crippen LogP contribution in [0.3, 0.4) is 0 Å². The Morgan fingerprint density at radius 2 is 1.92 bits per heavy atom. The Balaban J connectivity index is 1.34. The minimum atomic E-state index is -0.0578. The van der Waals surface area contributed by atoms with Gasteiger partial charge >= 0.3 is 0 Å². The summed E-state index contributed by atoms with van der Waals surface area (Å²) in [6, 6.07) is 14.6. The molecule has 1 aliphatic rings. The molecule has 0 amide bonds. The summed E-state index contributed by atoms with van der Waals surface area (Å²) in [6.45, 7) is 6.65. The molecule has 2 aromatic heterocycles. The second-order valence-corrected chi connectivity index (χ2v) is 9.33. The number of aryl methyl sites for hydroxylation is 1. The van der Waals surface area contributed by atoms with Crippen LogP contribution in [0.5, 0.6) is 5.88 Å². The van der Waals surface area contributed by atoms with Crippen LogP contribution in [0.2, 0.25) is 0 Å². The number of nitrogens with zero attached hydrogens (tertiary/aromatic N) is 8. The molecule has 0 saturated carbocycles. The van der Waals surface area contributed by atoms with Crippen molar-refractivity contribution in [3.63, 3.8) is 0 Å². The molecule has 0 aliphatic carbocycles. The fourth-order valence-electron chi connectivity index (χ4n) is 4.14. The molecule has 0 N–H and O–H groups in total. The van der Waals surface area contributed by atoms with Crippen molar-refractivity contribution in [2.45, 2.75) is 37.6 Å². The molecule has 4 rings (SSSR count). The first kappa shape index (κ1) is 25.7. The zero-order valence-corrected chi connectivity index (χ0v) is 21.4. The predicted molar refractivity (Wildman–Crippen MR) is 137 cm³/mol. The predicted octanol–water partition coefficient (Wildman–Crippen LogP) is 3.07. The third kappa shape index (κ3) is 6.64. The summed E-state index contributed by atoms with van der Waals surface area (Å²) in [6.07, 6.45) is 2.74. The second kappa shape index (κ2) is 12.5. The van der Waals surface area contributed by atoms with Crippen molar-refractivity contribution in [1.82, 2.24) is 24.5 Å². The molecule has 1 fully saturated rings. The molecule has 1 unspecified atom stereocenters. The fourth-order valence-corrected chi connectivity index (χ4v) is 4.47. The highest BCUT2D eigenvalue weighted by Crippen LogP contribution is 2.20. The van der Waals surface area contributed by atoms with Gasteiger partial charge in [-0.2, -0.15) is 20.0 Å². The first-order valence-corrected chi connectivity index (χ1v) is 13.1. The Kier molecular flexibility index (Phi) is 8.95. The van der Waals surface area contributed by atoms with Crippen molar-refractivity contribution in [3.05, 3.63) is 41.6 Å². The molecule has 1 aliphatic heterocycles. The van der Waals surface area contributed by atoms with E-state index in [1.165, 1.54) is 17.3 Å². The Labute approximate surface area is 215 Å². The lowest BCUT2D eigenvalue weighted by Crippen LogP contribution is -2.44. The molecule has 3 aromatic rings. The fraction of sp³-hybridized carbons (Fsp3) is 0.480. The molecular weight excluding hydrogens is 476 g/mol. The van der Waals surface area contributed by atoms with Crippen molar-refractivity contribution >= 4 is 23.2 Å². The summed E-state index contributed by atoms with van der Waals surface area (Å²) in [5, 5.41) is 23.0. The third-order valence-electron chi connectivity index (χ3n) is 5.91. The Bertz CT molecular complexity index is 1220. The van der Waals surface area contributed by atoms with Gasteiger partial charge in [0.15, 0.2) is 0 Å². The molecule has 3 heterocycles. The molecule has 1 aromatic carbocycles. The van der Waals surface area contributed by atoms with E-state index in [0.717, 1.165) is 31.0 Å². The highest BCUT2D eigenvalue weighted by Gasteiger charge is 2.22. The van der Waals surface area contributed by atoms with Crippen molar-refractivity contribution in [2.75, 3.05) is 50.5 Å². The largest absolute Gasteiger partial charge is 0.475 e. The molecule has 1 atom stereocenters. The first-order valence-electron chi connectivity index (χ1n) is 11.9. The van der Waals surface area contributed by atoms with Crippen molar-refractivity contribution in [3.8, 4) is 18.0 Å². The van der Waals surface area contributed by atoms with E-state index in [2.05, 4.69) is 61.3 Å². The average Bonchev–Trinajstić information content (AvgIpc) is 3.31. The van der Waals surface area contributed by atoms with Crippen LogP contribution in [0.4, 0.5) is 5.69 Å². The van der Waals surface area contributed by atoms with Gasteiger partial charge in [-0.1, -0.05) is 23.9 Å². The van der Waals surface area contributed by atoms with E-state index in [0.29, 0.717) is 56.0 Å². The molecule has 36 heavy (non-hydrogen) atoms. The topological polar surface area (TPSA) is 116 Å². The van der Waals surface area contributed by atoms with E-state index in [1.54, 1.807) is 4.52 Å². The van der Waals surface area contributed by atoms with Gasteiger partial charge in [0, 0.05) is 50.2 Å². The highest BCUT2D eigenvalue weighted by atomic mass is 32.2. The number of rotatable bonds is 11. The number of nitriles is 2. The zero-order valence-electron chi connectivity index (χ0n) is 20.6. The van der Waals surface area contributed by atoms with E-state index >= 15 is 0 Å². The quantitative estimate of drug-likeness (QED) is 0.359. The second-order valence-electron chi connectivity index (χ2n) is 8.55. The molecule has 11 heteroatoms. The summed E-state index contributed by atoms with van der Waals surface area (Å²) in [7, 11) is 0. The number of morpholine rings is 1. The number of hydrogen-bond donors (Lipinski definition) is 0. The van der Waals surface area contributed by atoms with Gasteiger partial charge in [-0.05, 0) is 30.9 Å². The Hall–Kier alpha value is -3.38. The van der Waals surface area contributed by atoms with E-state index in [-0.39, 0.29) is 6.10 Å². The smallest absolute Gasteiger partial charge is 0.256 e. The van der Waals surface area contributed by atoms with Crippen LogP contribution in [0.1, 0.15) is 24.1 Å². The molecular formula is C25H30N8O2S. The summed E-state index contributed by atoms with van der Waals surface area (Å²) in [4.78, 5) is 13.3. The zero-order chi connectivity index (χ0) is 25.3. The lowest BCUT2D eigenvalue weighted by molar-refractivity contribution is -0.0513. The van der Waals surface area contributed by atoms with Crippen LogP contribution in [-0.2, 0) is 11.3 Å². The lowest BCUT2D eigenvalue weighted by atomic mass is 10.1. The van der Waals surface area contributed by atoms with Gasteiger partial charge in [0.25, 0.3) is 5.78 Å². The minimum Gasteiger partial charge on any atom is -0.475 e. The average molecular weight is 507 g/mol. The lowest BCUT2D eigenvalue weighted by Gasteiger charge is -2.33. The monoisotopic (exact) mass is 506 g/mol. The van der Waals surface area contributed by atoms with Gasteiger partial charge in [-0.3, -0.25) is 4.90 Å². The Morgan fingerprint density at radius 3 is 2.61 bits per heavy atom. The Morgan fingerprint density at radius 1 is 1.17 bits per heavy atom. The summed E-state index contributed by atoms with van der Waals surface area (Å²) in [5.41, 5.74) is 3.07. The maximum Gasteiger partial charge on any atom is 0.256 e. The highest BCUT2D eigenvalue weighted by molar-refractivity contribution is 7.98. The van der Waals surface area contributed by atoms with Crippen LogP contribution < -0.4 is 9.64 Å². The molecule has 0 radical (unpaired) electrons. The van der Waals surface area contributed by atoms with Gasteiger partial charge in [0.2, 0.25) is 11.0 Å². The number of hydrogen-bond acceptors (Lipinski definition) is 10. The molecule has 10 nitrogen and oxygen atoms in total. The number of ether oxygens (including phenoxy) is 2. The van der Waals surface area contributed by atoms with E-state index in [1.807, 2.05) is 19.2 Å². The van der Waals surface area contributed by atoms with Crippen molar-refractivity contribution in [1.29, 1.82) is 10.5 Å². The van der Waals surface area contributed by atoms with E-state index in [4.69, 9.17) is 20.0 Å². The van der Waals surface area contributed by atoms with Gasteiger partial charge in [-0.15, -0.1) is 5.10 Å².